The molecule has 20 heavy (non-hydrogen) atoms. The van der Waals surface area contributed by atoms with E-state index in [9.17, 15) is 13.2 Å². The van der Waals surface area contributed by atoms with Crippen LogP contribution in [0.3, 0.4) is 0 Å². The van der Waals surface area contributed by atoms with Crippen molar-refractivity contribution < 1.29 is 13.2 Å². The molecule has 0 aromatic heterocycles. The minimum Gasteiger partial charge on any atom is -0.351 e. The number of nitrogens with one attached hydrogen (secondary N) is 2. The van der Waals surface area contributed by atoms with E-state index in [0.717, 1.165) is 5.56 Å². The molecule has 1 heterocycles. The largest absolute Gasteiger partial charge is 0.351 e. The lowest BCUT2D eigenvalue weighted by Gasteiger charge is -2.22. The molecule has 1 aliphatic rings. The van der Waals surface area contributed by atoms with Gasteiger partial charge in [0.25, 0.3) is 0 Å². The van der Waals surface area contributed by atoms with Gasteiger partial charge < -0.3 is 10.6 Å². The highest BCUT2D eigenvalue weighted by Crippen LogP contribution is 2.11. The van der Waals surface area contributed by atoms with Crippen LogP contribution < -0.4 is 10.6 Å². The third-order valence-electron chi connectivity index (χ3n) is 3.44. The molecule has 5 nitrogen and oxygen atoms in total. The SMILES string of the molecule is O=C(CNC1CCS(=O)(=O)CC1)NCc1ccccc1. The quantitative estimate of drug-likeness (QED) is 0.828. The highest BCUT2D eigenvalue weighted by Gasteiger charge is 2.23. The lowest BCUT2D eigenvalue weighted by Crippen LogP contribution is -2.42. The molecule has 1 aliphatic heterocycles. The van der Waals surface area contributed by atoms with E-state index < -0.39 is 9.84 Å². The Morgan fingerprint density at radius 2 is 1.80 bits per heavy atom. The molecule has 1 fully saturated rings. The summed E-state index contributed by atoms with van der Waals surface area (Å²) in [7, 11) is -2.84. The van der Waals surface area contributed by atoms with Crippen molar-refractivity contribution in [2.45, 2.75) is 25.4 Å². The van der Waals surface area contributed by atoms with Gasteiger partial charge in [-0.2, -0.15) is 0 Å². The van der Waals surface area contributed by atoms with Crippen molar-refractivity contribution in [1.82, 2.24) is 10.6 Å². The molecule has 0 atom stereocenters. The fraction of sp³-hybridized carbons (Fsp3) is 0.500. The van der Waals surface area contributed by atoms with E-state index in [4.69, 9.17) is 0 Å². The average Bonchev–Trinajstić information content (AvgIpc) is 2.45. The van der Waals surface area contributed by atoms with Gasteiger partial charge in [0.05, 0.1) is 18.1 Å². The summed E-state index contributed by atoms with van der Waals surface area (Å²) >= 11 is 0. The van der Waals surface area contributed by atoms with Crippen molar-refractivity contribution in [3.63, 3.8) is 0 Å². The van der Waals surface area contributed by atoms with Crippen molar-refractivity contribution >= 4 is 15.7 Å². The maximum atomic E-state index is 11.7. The summed E-state index contributed by atoms with van der Waals surface area (Å²) in [4.78, 5) is 11.7. The number of carbonyl (C=O) groups excluding carboxylic acids is 1. The fourth-order valence-corrected chi connectivity index (χ4v) is 3.68. The predicted molar refractivity (Wildman–Crippen MR) is 78.0 cm³/mol. The first-order chi connectivity index (χ1) is 9.55. The molecule has 110 valence electrons. The van der Waals surface area contributed by atoms with Gasteiger partial charge in [-0.05, 0) is 18.4 Å². The smallest absolute Gasteiger partial charge is 0.234 e. The third kappa shape index (κ3) is 4.94. The van der Waals surface area contributed by atoms with Gasteiger partial charge in [-0.15, -0.1) is 0 Å². The van der Waals surface area contributed by atoms with Crippen LogP contribution in [0.4, 0.5) is 0 Å². The van der Waals surface area contributed by atoms with Gasteiger partial charge in [0.1, 0.15) is 9.84 Å². The summed E-state index contributed by atoms with van der Waals surface area (Å²) in [6.45, 7) is 0.748. The summed E-state index contributed by atoms with van der Waals surface area (Å²) < 4.78 is 22.6. The first kappa shape index (κ1) is 15.0. The number of hydrogen-bond acceptors (Lipinski definition) is 4. The van der Waals surface area contributed by atoms with Crippen molar-refractivity contribution in [1.29, 1.82) is 0 Å². The highest BCUT2D eigenvalue weighted by molar-refractivity contribution is 7.91. The summed E-state index contributed by atoms with van der Waals surface area (Å²) in [5.41, 5.74) is 1.06. The molecule has 1 aromatic rings. The molecule has 1 aromatic carbocycles. The van der Waals surface area contributed by atoms with E-state index in [1.165, 1.54) is 0 Å². The topological polar surface area (TPSA) is 75.3 Å². The number of sulfone groups is 1. The number of amides is 1. The Kier molecular flexibility index (Phi) is 5.14. The Hall–Kier alpha value is -1.40. The Morgan fingerprint density at radius 1 is 1.15 bits per heavy atom. The van der Waals surface area contributed by atoms with E-state index >= 15 is 0 Å². The summed E-state index contributed by atoms with van der Waals surface area (Å²) in [5, 5.41) is 5.95. The maximum absolute atomic E-state index is 11.7. The van der Waals surface area contributed by atoms with E-state index in [1.54, 1.807) is 0 Å². The molecule has 2 rings (SSSR count). The molecular formula is C14H20N2O3S. The monoisotopic (exact) mass is 296 g/mol. The third-order valence-corrected chi connectivity index (χ3v) is 5.15. The lowest BCUT2D eigenvalue weighted by atomic mass is 10.1. The zero-order valence-corrected chi connectivity index (χ0v) is 12.2. The summed E-state index contributed by atoms with van der Waals surface area (Å²) in [6, 6.07) is 9.84. The number of benzene rings is 1. The summed E-state index contributed by atoms with van der Waals surface area (Å²) in [6.07, 6.45) is 1.18. The highest BCUT2D eigenvalue weighted by atomic mass is 32.2. The van der Waals surface area contributed by atoms with Gasteiger partial charge in [0, 0.05) is 12.6 Å². The standard InChI is InChI=1S/C14H20N2O3S/c17-14(16-10-12-4-2-1-3-5-12)11-15-13-6-8-20(18,19)9-7-13/h1-5,13,15H,6-11H2,(H,16,17). The van der Waals surface area contributed by atoms with Gasteiger partial charge >= 0.3 is 0 Å². The van der Waals surface area contributed by atoms with E-state index in [-0.39, 0.29) is 30.0 Å². The van der Waals surface area contributed by atoms with Crippen LogP contribution in [0.2, 0.25) is 0 Å². The lowest BCUT2D eigenvalue weighted by molar-refractivity contribution is -0.120. The molecule has 6 heteroatoms. The Bertz CT molecular complexity index is 529. The van der Waals surface area contributed by atoms with Gasteiger partial charge in [0.15, 0.2) is 0 Å². The van der Waals surface area contributed by atoms with E-state index in [0.29, 0.717) is 19.4 Å². The van der Waals surface area contributed by atoms with Crippen LogP contribution >= 0.6 is 0 Å². The van der Waals surface area contributed by atoms with Crippen LogP contribution in [-0.4, -0.2) is 38.4 Å². The van der Waals surface area contributed by atoms with Crippen molar-refractivity contribution in [3.8, 4) is 0 Å². The van der Waals surface area contributed by atoms with Gasteiger partial charge in [-0.3, -0.25) is 4.79 Å². The molecule has 0 radical (unpaired) electrons. The van der Waals surface area contributed by atoms with Gasteiger partial charge in [-0.25, -0.2) is 8.42 Å². The fourth-order valence-electron chi connectivity index (χ4n) is 2.19. The number of carbonyl (C=O) groups is 1. The molecule has 0 aliphatic carbocycles. The van der Waals surface area contributed by atoms with Crippen LogP contribution in [0.25, 0.3) is 0 Å². The normalized spacial score (nSPS) is 18.6. The molecule has 0 saturated carbocycles. The molecule has 0 spiro atoms. The number of hydrogen-bond donors (Lipinski definition) is 2. The van der Waals surface area contributed by atoms with Crippen LogP contribution in [0.1, 0.15) is 18.4 Å². The molecule has 1 amide bonds. The molecule has 2 N–H and O–H groups in total. The van der Waals surface area contributed by atoms with Gasteiger partial charge in [-0.1, -0.05) is 30.3 Å². The van der Waals surface area contributed by atoms with Gasteiger partial charge in [0.2, 0.25) is 5.91 Å². The first-order valence-corrected chi connectivity index (χ1v) is 8.62. The molecule has 1 saturated heterocycles. The maximum Gasteiger partial charge on any atom is 0.234 e. The molecule has 0 bridgehead atoms. The van der Waals surface area contributed by atoms with Crippen LogP contribution in [0, 0.1) is 0 Å². The Balaban J connectivity index is 1.66. The predicted octanol–water partition coefficient (Wildman–Crippen LogP) is 0.470. The van der Waals surface area contributed by atoms with Crippen LogP contribution in [0.15, 0.2) is 30.3 Å². The van der Waals surface area contributed by atoms with E-state index in [2.05, 4.69) is 10.6 Å². The Labute approximate surface area is 119 Å². The number of rotatable bonds is 5. The molecular weight excluding hydrogens is 276 g/mol. The zero-order chi connectivity index (χ0) is 14.4. The van der Waals surface area contributed by atoms with Crippen LogP contribution in [0.5, 0.6) is 0 Å². The summed E-state index contributed by atoms with van der Waals surface area (Å²) in [5.74, 6) is 0.370. The van der Waals surface area contributed by atoms with E-state index in [1.807, 2.05) is 30.3 Å². The Morgan fingerprint density at radius 3 is 2.45 bits per heavy atom. The second-order valence-corrected chi connectivity index (χ2v) is 7.37. The van der Waals surface area contributed by atoms with Crippen LogP contribution in [-0.2, 0) is 21.2 Å². The van der Waals surface area contributed by atoms with Crippen molar-refractivity contribution in [2.24, 2.45) is 0 Å². The second-order valence-electron chi connectivity index (χ2n) is 5.07. The van der Waals surface area contributed by atoms with Crippen molar-refractivity contribution in [2.75, 3.05) is 18.1 Å². The first-order valence-electron chi connectivity index (χ1n) is 6.79. The second kappa shape index (κ2) is 6.85. The molecule has 0 unspecified atom stereocenters. The van der Waals surface area contributed by atoms with Crippen molar-refractivity contribution in [3.05, 3.63) is 35.9 Å². The average molecular weight is 296 g/mol. The zero-order valence-electron chi connectivity index (χ0n) is 11.3. The minimum absolute atomic E-state index is 0.0673. The minimum atomic E-state index is -2.84.